The van der Waals surface area contributed by atoms with Crippen molar-refractivity contribution in [2.75, 3.05) is 0 Å². The summed E-state index contributed by atoms with van der Waals surface area (Å²) in [5.41, 5.74) is -0.850. The normalized spacial score (nSPS) is 19.9. The molecular weight excluding hydrogens is 474 g/mol. The molecule has 1 aliphatic rings. The SMILES string of the molecule is C[C@@]1(c2cc(-c3cc(-c4ccc(C#N)cn4)no3)ccc2F)C[C@@H](C(F)(F)F)N=C(NC(=O)O)O1. The highest BCUT2D eigenvalue weighted by molar-refractivity contribution is 5.90. The molecule has 2 aromatic heterocycles. The van der Waals surface area contributed by atoms with Crippen molar-refractivity contribution < 1.29 is 36.7 Å². The second-order valence-corrected chi connectivity index (χ2v) is 7.77. The zero-order valence-corrected chi connectivity index (χ0v) is 17.8. The van der Waals surface area contributed by atoms with E-state index in [0.717, 1.165) is 6.07 Å². The highest BCUT2D eigenvalue weighted by Crippen LogP contribution is 2.42. The summed E-state index contributed by atoms with van der Waals surface area (Å²) in [4.78, 5) is 18.3. The number of aliphatic imine (C=N–C) groups is 1. The van der Waals surface area contributed by atoms with Crippen LogP contribution in [0.25, 0.3) is 22.7 Å². The number of amidine groups is 1. The summed E-state index contributed by atoms with van der Waals surface area (Å²) in [6, 6.07) is 6.91. The van der Waals surface area contributed by atoms with Gasteiger partial charge in [-0.3, -0.25) is 4.98 Å². The van der Waals surface area contributed by atoms with Gasteiger partial charge in [-0.1, -0.05) is 5.16 Å². The van der Waals surface area contributed by atoms with Crippen molar-refractivity contribution >= 4 is 12.1 Å². The number of nitrogens with one attached hydrogen (secondary N) is 1. The quantitative estimate of drug-likeness (QED) is 0.514. The predicted molar refractivity (Wildman–Crippen MR) is 111 cm³/mol. The van der Waals surface area contributed by atoms with E-state index >= 15 is 0 Å². The summed E-state index contributed by atoms with van der Waals surface area (Å²) in [5, 5.41) is 23.4. The Morgan fingerprint density at radius 3 is 2.66 bits per heavy atom. The van der Waals surface area contributed by atoms with Gasteiger partial charge in [0.15, 0.2) is 11.8 Å². The maximum absolute atomic E-state index is 14.8. The number of hydrogen-bond donors (Lipinski definition) is 2. The van der Waals surface area contributed by atoms with Crippen LogP contribution in [-0.4, -0.2) is 39.6 Å². The minimum absolute atomic E-state index is 0.164. The summed E-state index contributed by atoms with van der Waals surface area (Å²) in [6.45, 7) is 1.21. The first-order valence-electron chi connectivity index (χ1n) is 9.95. The van der Waals surface area contributed by atoms with Crippen LogP contribution in [0.5, 0.6) is 0 Å². The highest BCUT2D eigenvalue weighted by Gasteiger charge is 2.50. The molecule has 35 heavy (non-hydrogen) atoms. The Morgan fingerprint density at radius 1 is 1.26 bits per heavy atom. The van der Waals surface area contributed by atoms with Crippen LogP contribution < -0.4 is 5.32 Å². The summed E-state index contributed by atoms with van der Waals surface area (Å²) in [5.74, 6) is -0.709. The fourth-order valence-electron chi connectivity index (χ4n) is 3.57. The number of rotatable bonds is 3. The molecule has 0 fully saturated rings. The van der Waals surface area contributed by atoms with E-state index in [9.17, 15) is 22.4 Å². The number of carboxylic acid groups (broad SMARTS) is 1. The third-order valence-corrected chi connectivity index (χ3v) is 5.26. The molecule has 1 aromatic carbocycles. The van der Waals surface area contributed by atoms with Crippen LogP contribution in [0.2, 0.25) is 0 Å². The molecule has 0 saturated heterocycles. The van der Waals surface area contributed by atoms with Crippen molar-refractivity contribution in [2.24, 2.45) is 4.99 Å². The van der Waals surface area contributed by atoms with E-state index in [1.54, 1.807) is 11.4 Å². The summed E-state index contributed by atoms with van der Waals surface area (Å²) in [6.07, 6.45) is -5.95. The topological polar surface area (TPSA) is 134 Å². The first-order chi connectivity index (χ1) is 16.5. The Labute approximate surface area is 194 Å². The number of nitrogens with zero attached hydrogens (tertiary/aromatic N) is 4. The fourth-order valence-corrected chi connectivity index (χ4v) is 3.57. The van der Waals surface area contributed by atoms with Crippen molar-refractivity contribution in [1.29, 1.82) is 5.26 Å². The standard InChI is InChI=1S/C22H15F4N5O4/c1-21(8-18(22(24,25)26)29-19(34-21)30-20(32)33)13-6-12(3-4-14(13)23)17-7-16(31-35-17)15-5-2-11(9-27)10-28-15/h2-7,10,18H,8H2,1H3,(H,29,30)(H,32,33)/t18-,21-/m0/s1. The van der Waals surface area contributed by atoms with E-state index in [0.29, 0.717) is 17.0 Å². The number of ether oxygens (including phenoxy) is 1. The molecule has 9 nitrogen and oxygen atoms in total. The zero-order chi connectivity index (χ0) is 25.4. The lowest BCUT2D eigenvalue weighted by Crippen LogP contribution is -2.48. The molecule has 1 aliphatic heterocycles. The molecule has 1 amide bonds. The number of nitriles is 1. The molecule has 0 saturated carbocycles. The van der Waals surface area contributed by atoms with Crippen LogP contribution in [0.3, 0.4) is 0 Å². The Balaban J connectivity index is 1.70. The molecule has 0 bridgehead atoms. The molecular formula is C22H15F4N5O4. The van der Waals surface area contributed by atoms with Crippen LogP contribution in [0.15, 0.2) is 52.1 Å². The van der Waals surface area contributed by atoms with Crippen molar-refractivity contribution in [2.45, 2.75) is 31.2 Å². The number of hydrogen-bond acceptors (Lipinski definition) is 7. The van der Waals surface area contributed by atoms with Crippen LogP contribution in [0.4, 0.5) is 22.4 Å². The Kier molecular flexibility index (Phi) is 5.89. The Hall–Kier alpha value is -4.47. The van der Waals surface area contributed by atoms with Crippen LogP contribution in [0, 0.1) is 17.1 Å². The minimum Gasteiger partial charge on any atom is -0.465 e. The molecule has 180 valence electrons. The minimum atomic E-state index is -4.82. The van der Waals surface area contributed by atoms with Crippen LogP contribution >= 0.6 is 0 Å². The maximum Gasteiger partial charge on any atom is 0.412 e. The first kappa shape index (κ1) is 23.7. The van der Waals surface area contributed by atoms with Gasteiger partial charge < -0.3 is 14.4 Å². The van der Waals surface area contributed by atoms with Crippen molar-refractivity contribution in [3.8, 4) is 28.8 Å². The van der Waals surface area contributed by atoms with E-state index in [4.69, 9.17) is 19.6 Å². The lowest BCUT2D eigenvalue weighted by atomic mass is 9.86. The van der Waals surface area contributed by atoms with Gasteiger partial charge in [0.2, 0.25) is 0 Å². The second kappa shape index (κ2) is 8.71. The van der Waals surface area contributed by atoms with Crippen molar-refractivity contribution in [3.05, 3.63) is 59.5 Å². The number of pyridine rings is 1. The Bertz CT molecular complexity index is 1350. The summed E-state index contributed by atoms with van der Waals surface area (Å²) >= 11 is 0. The van der Waals surface area contributed by atoms with Gasteiger partial charge in [-0.25, -0.2) is 19.5 Å². The number of benzene rings is 1. The Morgan fingerprint density at radius 2 is 2.03 bits per heavy atom. The average molecular weight is 489 g/mol. The van der Waals surface area contributed by atoms with E-state index < -0.39 is 42.2 Å². The number of halogens is 4. The highest BCUT2D eigenvalue weighted by atomic mass is 19.4. The number of amides is 1. The van der Waals surface area contributed by atoms with Gasteiger partial charge in [0.1, 0.15) is 23.2 Å². The first-order valence-corrected chi connectivity index (χ1v) is 9.95. The maximum atomic E-state index is 14.8. The molecule has 3 heterocycles. The zero-order valence-electron chi connectivity index (χ0n) is 17.8. The molecule has 0 spiro atoms. The molecule has 13 heteroatoms. The van der Waals surface area contributed by atoms with Gasteiger partial charge in [0.05, 0.1) is 11.3 Å². The molecule has 0 unspecified atom stereocenters. The van der Waals surface area contributed by atoms with Gasteiger partial charge in [-0.05, 0) is 37.3 Å². The predicted octanol–water partition coefficient (Wildman–Crippen LogP) is 4.60. The summed E-state index contributed by atoms with van der Waals surface area (Å²) in [7, 11) is 0. The van der Waals surface area contributed by atoms with Gasteiger partial charge in [0.25, 0.3) is 6.02 Å². The average Bonchev–Trinajstić information content (AvgIpc) is 3.28. The number of aromatic nitrogens is 2. The van der Waals surface area contributed by atoms with Gasteiger partial charge in [-0.2, -0.15) is 18.4 Å². The molecule has 0 aliphatic carbocycles. The van der Waals surface area contributed by atoms with Crippen LogP contribution in [0.1, 0.15) is 24.5 Å². The molecule has 2 atom stereocenters. The smallest absolute Gasteiger partial charge is 0.412 e. The lowest BCUT2D eigenvalue weighted by molar-refractivity contribution is -0.164. The van der Waals surface area contributed by atoms with E-state index in [2.05, 4.69) is 15.1 Å². The van der Waals surface area contributed by atoms with Crippen molar-refractivity contribution in [1.82, 2.24) is 15.5 Å². The molecule has 0 radical (unpaired) electrons. The third-order valence-electron chi connectivity index (χ3n) is 5.26. The van der Waals surface area contributed by atoms with E-state index in [1.807, 2.05) is 6.07 Å². The van der Waals surface area contributed by atoms with Crippen LogP contribution in [-0.2, 0) is 10.3 Å². The summed E-state index contributed by atoms with van der Waals surface area (Å²) < 4.78 is 66.0. The molecule has 3 aromatic rings. The number of carbonyl (C=O) groups is 1. The van der Waals surface area contributed by atoms with E-state index in [-0.39, 0.29) is 16.9 Å². The number of alkyl halides is 3. The van der Waals surface area contributed by atoms with Gasteiger partial charge >= 0.3 is 12.3 Å². The molecule has 2 N–H and O–H groups in total. The monoisotopic (exact) mass is 489 g/mol. The second-order valence-electron chi connectivity index (χ2n) is 7.77. The van der Waals surface area contributed by atoms with Gasteiger partial charge in [-0.15, -0.1) is 0 Å². The van der Waals surface area contributed by atoms with Crippen molar-refractivity contribution in [3.63, 3.8) is 0 Å². The molecule has 4 rings (SSSR count). The third kappa shape index (κ3) is 4.91. The van der Waals surface area contributed by atoms with E-state index in [1.165, 1.54) is 37.4 Å². The largest absolute Gasteiger partial charge is 0.465 e. The van der Waals surface area contributed by atoms with Gasteiger partial charge in [0, 0.05) is 29.8 Å². The lowest BCUT2D eigenvalue weighted by Gasteiger charge is -2.38. The fraction of sp³-hybridized carbons (Fsp3) is 0.227.